The molecule has 3 rings (SSSR count). The molecule has 0 saturated heterocycles. The normalized spacial score (nSPS) is 11.8. The van der Waals surface area contributed by atoms with Crippen LogP contribution in [-0.2, 0) is 6.54 Å². The van der Waals surface area contributed by atoms with Gasteiger partial charge in [0.2, 0.25) is 0 Å². The molecule has 1 aromatic carbocycles. The number of nitrogens with zero attached hydrogens (tertiary/aromatic N) is 4. The molecule has 21 heavy (non-hydrogen) atoms. The predicted molar refractivity (Wildman–Crippen MR) is 83.3 cm³/mol. The monoisotopic (exact) mass is 280 g/mol. The second kappa shape index (κ2) is 5.62. The van der Waals surface area contributed by atoms with Crippen molar-refractivity contribution in [2.45, 2.75) is 6.54 Å². The molecule has 0 radical (unpaired) electrons. The average molecular weight is 280 g/mol. The largest absolute Gasteiger partial charge is 0.370 e. The molecule has 0 spiro atoms. The van der Waals surface area contributed by atoms with E-state index in [2.05, 4.69) is 20.3 Å². The number of rotatable bonds is 3. The number of aromatic nitrogens is 3. The first kappa shape index (κ1) is 13.1. The first-order chi connectivity index (χ1) is 10.3. The molecule has 3 aromatic rings. The molecular weight excluding hydrogens is 264 g/mol. The quantitative estimate of drug-likeness (QED) is 0.562. The third-order valence-electron chi connectivity index (χ3n) is 3.22. The molecule has 0 bridgehead atoms. The summed E-state index contributed by atoms with van der Waals surface area (Å²) in [6, 6.07) is 11.9. The molecule has 3 N–H and O–H groups in total. The SMILES string of the molecule is CN=C(N)NCc1ccc(-n2cnc3ccccc32)nc1. The number of nitrogens with one attached hydrogen (secondary N) is 1. The Morgan fingerprint density at radius 1 is 1.24 bits per heavy atom. The molecular formula is C15H16N6. The van der Waals surface area contributed by atoms with E-state index in [1.165, 1.54) is 0 Å². The maximum atomic E-state index is 5.60. The van der Waals surface area contributed by atoms with Gasteiger partial charge in [0.1, 0.15) is 12.1 Å². The maximum absolute atomic E-state index is 5.60. The zero-order valence-electron chi connectivity index (χ0n) is 11.7. The van der Waals surface area contributed by atoms with E-state index in [0.29, 0.717) is 12.5 Å². The third-order valence-corrected chi connectivity index (χ3v) is 3.22. The number of fused-ring (bicyclic) bond motifs is 1. The molecule has 2 aromatic heterocycles. The Hall–Kier alpha value is -2.89. The van der Waals surface area contributed by atoms with Crippen molar-refractivity contribution in [1.82, 2.24) is 19.9 Å². The number of hydrogen-bond acceptors (Lipinski definition) is 3. The van der Waals surface area contributed by atoms with Crippen LogP contribution >= 0.6 is 0 Å². The highest BCUT2D eigenvalue weighted by Crippen LogP contribution is 2.16. The van der Waals surface area contributed by atoms with E-state index in [-0.39, 0.29) is 0 Å². The van der Waals surface area contributed by atoms with E-state index in [0.717, 1.165) is 22.4 Å². The van der Waals surface area contributed by atoms with Gasteiger partial charge in [0.25, 0.3) is 0 Å². The summed E-state index contributed by atoms with van der Waals surface area (Å²) < 4.78 is 1.97. The summed E-state index contributed by atoms with van der Waals surface area (Å²) in [6.45, 7) is 0.598. The number of para-hydroxylation sites is 2. The molecule has 6 heteroatoms. The molecule has 0 aliphatic rings. The molecule has 0 amide bonds. The topological polar surface area (TPSA) is 81.1 Å². The minimum atomic E-state index is 0.416. The molecule has 0 aliphatic heterocycles. The van der Waals surface area contributed by atoms with Crippen molar-refractivity contribution in [3.63, 3.8) is 0 Å². The molecule has 0 aliphatic carbocycles. The second-order valence-corrected chi connectivity index (χ2v) is 4.59. The van der Waals surface area contributed by atoms with Crippen LogP contribution in [0.5, 0.6) is 0 Å². The Bertz CT molecular complexity index is 772. The number of guanidine groups is 1. The van der Waals surface area contributed by atoms with E-state index in [4.69, 9.17) is 5.73 Å². The van der Waals surface area contributed by atoms with Crippen LogP contribution < -0.4 is 11.1 Å². The Morgan fingerprint density at radius 2 is 2.10 bits per heavy atom. The molecule has 6 nitrogen and oxygen atoms in total. The van der Waals surface area contributed by atoms with Gasteiger partial charge in [-0.15, -0.1) is 0 Å². The van der Waals surface area contributed by atoms with Crippen molar-refractivity contribution < 1.29 is 0 Å². The zero-order chi connectivity index (χ0) is 14.7. The number of aliphatic imine (C=N–C) groups is 1. The van der Waals surface area contributed by atoms with Crippen LogP contribution in [0.1, 0.15) is 5.56 Å². The first-order valence-corrected chi connectivity index (χ1v) is 6.61. The van der Waals surface area contributed by atoms with Gasteiger partial charge in [-0.25, -0.2) is 9.97 Å². The van der Waals surface area contributed by atoms with Crippen molar-refractivity contribution in [2.75, 3.05) is 7.05 Å². The third kappa shape index (κ3) is 2.69. The highest BCUT2D eigenvalue weighted by Gasteiger charge is 2.04. The van der Waals surface area contributed by atoms with Gasteiger partial charge in [-0.2, -0.15) is 0 Å². The molecule has 0 unspecified atom stereocenters. The molecule has 0 saturated carbocycles. The van der Waals surface area contributed by atoms with Crippen LogP contribution in [0.15, 0.2) is 53.9 Å². The smallest absolute Gasteiger partial charge is 0.188 e. The van der Waals surface area contributed by atoms with E-state index >= 15 is 0 Å². The van der Waals surface area contributed by atoms with Crippen LogP contribution in [0.2, 0.25) is 0 Å². The number of pyridine rings is 1. The van der Waals surface area contributed by atoms with E-state index in [1.54, 1.807) is 13.4 Å². The average Bonchev–Trinajstić information content (AvgIpc) is 2.97. The van der Waals surface area contributed by atoms with Gasteiger partial charge in [-0.1, -0.05) is 18.2 Å². The van der Waals surface area contributed by atoms with Gasteiger partial charge in [0, 0.05) is 19.8 Å². The van der Waals surface area contributed by atoms with Crippen molar-refractivity contribution >= 4 is 17.0 Å². The summed E-state index contributed by atoms with van der Waals surface area (Å²) in [5.41, 5.74) is 8.63. The number of nitrogens with two attached hydrogens (primary N) is 1. The zero-order valence-corrected chi connectivity index (χ0v) is 11.7. The maximum Gasteiger partial charge on any atom is 0.188 e. The highest BCUT2D eigenvalue weighted by molar-refractivity contribution is 5.77. The highest BCUT2D eigenvalue weighted by atomic mass is 15.1. The number of benzene rings is 1. The molecule has 2 heterocycles. The van der Waals surface area contributed by atoms with E-state index < -0.39 is 0 Å². The number of imidazole rings is 1. The summed E-state index contributed by atoms with van der Waals surface area (Å²) in [5.74, 6) is 1.25. The lowest BCUT2D eigenvalue weighted by atomic mass is 10.2. The summed E-state index contributed by atoms with van der Waals surface area (Å²) in [7, 11) is 1.65. The van der Waals surface area contributed by atoms with Gasteiger partial charge >= 0.3 is 0 Å². The minimum absolute atomic E-state index is 0.416. The fourth-order valence-electron chi connectivity index (χ4n) is 2.08. The Kier molecular flexibility index (Phi) is 3.51. The lowest BCUT2D eigenvalue weighted by Gasteiger charge is -2.07. The molecule has 106 valence electrons. The van der Waals surface area contributed by atoms with Crippen LogP contribution in [0, 0.1) is 0 Å². The van der Waals surface area contributed by atoms with Gasteiger partial charge in [0.15, 0.2) is 5.96 Å². The summed E-state index contributed by atoms with van der Waals surface area (Å²) in [5, 5.41) is 3.00. The van der Waals surface area contributed by atoms with Gasteiger partial charge in [-0.3, -0.25) is 9.56 Å². The Balaban J connectivity index is 1.84. The minimum Gasteiger partial charge on any atom is -0.370 e. The van der Waals surface area contributed by atoms with Crippen molar-refractivity contribution in [2.24, 2.45) is 10.7 Å². The van der Waals surface area contributed by atoms with Gasteiger partial charge in [0.05, 0.1) is 11.0 Å². The van der Waals surface area contributed by atoms with Crippen LogP contribution in [0.3, 0.4) is 0 Å². The van der Waals surface area contributed by atoms with Crippen molar-refractivity contribution in [1.29, 1.82) is 0 Å². The van der Waals surface area contributed by atoms with Crippen molar-refractivity contribution in [3.8, 4) is 5.82 Å². The van der Waals surface area contributed by atoms with Crippen molar-refractivity contribution in [3.05, 3.63) is 54.5 Å². The molecule has 0 fully saturated rings. The standard InChI is InChI=1S/C15H16N6/c1-17-15(16)19-9-11-6-7-14(18-8-11)21-10-20-12-4-2-3-5-13(12)21/h2-8,10H,9H2,1H3,(H3,16,17,19). The van der Waals surface area contributed by atoms with Gasteiger partial charge in [-0.05, 0) is 23.8 Å². The predicted octanol–water partition coefficient (Wildman–Crippen LogP) is 1.45. The fraction of sp³-hybridized carbons (Fsp3) is 0.133. The number of hydrogen-bond donors (Lipinski definition) is 2. The van der Waals surface area contributed by atoms with Crippen LogP contribution in [0.25, 0.3) is 16.9 Å². The summed E-state index contributed by atoms with van der Waals surface area (Å²) in [6.07, 6.45) is 3.60. The summed E-state index contributed by atoms with van der Waals surface area (Å²) in [4.78, 5) is 12.7. The second-order valence-electron chi connectivity index (χ2n) is 4.59. The van der Waals surface area contributed by atoms with E-state index in [1.807, 2.05) is 47.2 Å². The summed E-state index contributed by atoms with van der Waals surface area (Å²) >= 11 is 0. The van der Waals surface area contributed by atoms with Gasteiger partial charge < -0.3 is 11.1 Å². The fourth-order valence-corrected chi connectivity index (χ4v) is 2.08. The lowest BCUT2D eigenvalue weighted by Crippen LogP contribution is -2.30. The van der Waals surface area contributed by atoms with E-state index in [9.17, 15) is 0 Å². The first-order valence-electron chi connectivity index (χ1n) is 6.61. The molecule has 0 atom stereocenters. The Morgan fingerprint density at radius 3 is 2.86 bits per heavy atom. The van der Waals surface area contributed by atoms with Crippen LogP contribution in [-0.4, -0.2) is 27.5 Å². The van der Waals surface area contributed by atoms with Crippen LogP contribution in [0.4, 0.5) is 0 Å². The lowest BCUT2D eigenvalue weighted by molar-refractivity contribution is 0.887. The Labute approximate surface area is 122 Å².